The van der Waals surface area contributed by atoms with E-state index in [0.29, 0.717) is 0 Å². The highest BCUT2D eigenvalue weighted by Gasteiger charge is 2.12. The molecule has 0 amide bonds. The molecular formula is C17H28O8. The first-order chi connectivity index (χ1) is 11.1. The number of aliphatic hydroxyl groups excluding tert-OH is 2. The number of ether oxygens (including phenoxy) is 3. The number of rotatable bonds is 9. The molecule has 0 spiro atoms. The molecule has 0 rings (SSSR count). The van der Waals surface area contributed by atoms with E-state index in [-0.39, 0.29) is 45.0 Å². The lowest BCUT2D eigenvalue weighted by Gasteiger charge is -2.11. The molecule has 0 aromatic rings. The smallest absolute Gasteiger partial charge is 0.333 e. The van der Waals surface area contributed by atoms with E-state index in [0.717, 1.165) is 6.08 Å². The summed E-state index contributed by atoms with van der Waals surface area (Å²) in [7, 11) is 0. The summed E-state index contributed by atoms with van der Waals surface area (Å²) in [5.74, 6) is -1.69. The van der Waals surface area contributed by atoms with Gasteiger partial charge in [-0.15, -0.1) is 0 Å². The predicted molar refractivity (Wildman–Crippen MR) is 92.5 cm³/mol. The summed E-state index contributed by atoms with van der Waals surface area (Å²) in [6.45, 7) is 12.3. The van der Waals surface area contributed by atoms with Gasteiger partial charge in [0.2, 0.25) is 0 Å². The lowest BCUT2D eigenvalue weighted by Crippen LogP contribution is -2.25. The van der Waals surface area contributed by atoms with Gasteiger partial charge in [0.05, 0.1) is 6.61 Å². The zero-order valence-electron chi connectivity index (χ0n) is 13.9. The van der Waals surface area contributed by atoms with Crippen LogP contribution in [-0.4, -0.2) is 60.7 Å². The summed E-state index contributed by atoms with van der Waals surface area (Å²) in [6.07, 6.45) is 0.00181. The Labute approximate surface area is 148 Å². The summed E-state index contributed by atoms with van der Waals surface area (Å²) < 4.78 is 13.6. The van der Waals surface area contributed by atoms with Crippen LogP contribution < -0.4 is 0 Å². The number of carbonyl (C=O) groups is 3. The Kier molecular flexibility index (Phi) is 18.0. The molecular weight excluding hydrogens is 332 g/mol. The van der Waals surface area contributed by atoms with Crippen LogP contribution in [0.5, 0.6) is 0 Å². The fourth-order valence-corrected chi connectivity index (χ4v) is 0.843. The van der Waals surface area contributed by atoms with Crippen LogP contribution in [0.25, 0.3) is 0 Å². The molecule has 2 N–H and O–H groups in total. The van der Waals surface area contributed by atoms with Crippen molar-refractivity contribution in [2.45, 2.75) is 27.4 Å². The van der Waals surface area contributed by atoms with Crippen molar-refractivity contribution >= 4 is 17.9 Å². The highest BCUT2D eigenvalue weighted by atomic mass is 16.6. The maximum absolute atomic E-state index is 10.9. The van der Waals surface area contributed by atoms with E-state index in [1.165, 1.54) is 13.8 Å². The molecule has 0 aromatic carbocycles. The third-order valence-electron chi connectivity index (χ3n) is 2.01. The first-order valence-corrected chi connectivity index (χ1v) is 6.89. The largest absolute Gasteiger partial charge is 0.460 e. The van der Waals surface area contributed by atoms with E-state index >= 15 is 0 Å². The Hall–Kier alpha value is -2.45. The average molecular weight is 360 g/mol. The van der Waals surface area contributed by atoms with Crippen molar-refractivity contribution in [3.8, 4) is 0 Å². The maximum atomic E-state index is 10.9. The van der Waals surface area contributed by atoms with Crippen LogP contribution in [0, 0.1) is 0 Å². The second kappa shape index (κ2) is 16.4. The Morgan fingerprint density at radius 1 is 1.00 bits per heavy atom. The third-order valence-corrected chi connectivity index (χ3v) is 2.01. The van der Waals surface area contributed by atoms with Crippen LogP contribution in [0.3, 0.4) is 0 Å². The second-order valence-electron chi connectivity index (χ2n) is 4.51. The van der Waals surface area contributed by atoms with Gasteiger partial charge in [0, 0.05) is 17.2 Å². The number of esters is 3. The number of hydrogen-bond acceptors (Lipinski definition) is 8. The molecule has 8 heteroatoms. The molecule has 0 heterocycles. The van der Waals surface area contributed by atoms with E-state index in [9.17, 15) is 19.5 Å². The lowest BCUT2D eigenvalue weighted by molar-refractivity contribution is -0.147. The molecule has 8 nitrogen and oxygen atoms in total. The summed E-state index contributed by atoms with van der Waals surface area (Å²) in [6, 6.07) is 0. The van der Waals surface area contributed by atoms with Crippen LogP contribution in [-0.2, 0) is 28.6 Å². The molecule has 0 atom stereocenters. The van der Waals surface area contributed by atoms with Crippen LogP contribution >= 0.6 is 0 Å². The SMILES string of the molecule is C.C=C(C)C(=O)OCC(O)COC(=O)C(=C)C.C=CC(=O)OCCO. The van der Waals surface area contributed by atoms with Crippen molar-refractivity contribution in [3.05, 3.63) is 37.0 Å². The van der Waals surface area contributed by atoms with Gasteiger partial charge in [0.15, 0.2) is 0 Å². The fraction of sp³-hybridized carbons (Fsp3) is 0.471. The number of carbonyl (C=O) groups excluding carboxylic acids is 3. The van der Waals surface area contributed by atoms with Crippen molar-refractivity contribution in [3.63, 3.8) is 0 Å². The Bertz CT molecular complexity index is 437. The zero-order valence-corrected chi connectivity index (χ0v) is 13.9. The van der Waals surface area contributed by atoms with Crippen LogP contribution in [0.1, 0.15) is 21.3 Å². The Balaban J connectivity index is -0.000000457. The van der Waals surface area contributed by atoms with Crippen LogP contribution in [0.4, 0.5) is 0 Å². The van der Waals surface area contributed by atoms with Gasteiger partial charge in [-0.1, -0.05) is 27.2 Å². The van der Waals surface area contributed by atoms with Crippen molar-refractivity contribution < 1.29 is 38.8 Å². The maximum Gasteiger partial charge on any atom is 0.333 e. The summed E-state index contributed by atoms with van der Waals surface area (Å²) in [4.78, 5) is 32.0. The standard InChI is InChI=1S/C11H16O5.C5H8O3.CH4/c1-7(2)10(13)15-5-9(12)6-16-11(14)8(3)4;1-2-5(7)8-4-3-6;/h9,12H,1,3,5-6H2,2,4H3;2,6H,1,3-4H2;1H4. The summed E-state index contributed by atoms with van der Waals surface area (Å²) in [5, 5.41) is 17.4. The van der Waals surface area contributed by atoms with Crippen molar-refractivity contribution in [2.75, 3.05) is 26.4 Å². The van der Waals surface area contributed by atoms with Gasteiger partial charge in [0.25, 0.3) is 0 Å². The van der Waals surface area contributed by atoms with Gasteiger partial charge >= 0.3 is 17.9 Å². The van der Waals surface area contributed by atoms with Gasteiger partial charge < -0.3 is 24.4 Å². The Morgan fingerprint density at radius 2 is 1.40 bits per heavy atom. The fourth-order valence-electron chi connectivity index (χ4n) is 0.843. The summed E-state index contributed by atoms with van der Waals surface area (Å²) in [5.41, 5.74) is 0.484. The average Bonchev–Trinajstić information content (AvgIpc) is 2.55. The van der Waals surface area contributed by atoms with Crippen LogP contribution in [0.15, 0.2) is 37.0 Å². The van der Waals surface area contributed by atoms with E-state index in [2.05, 4.69) is 33.9 Å². The van der Waals surface area contributed by atoms with Gasteiger partial charge in [-0.3, -0.25) is 0 Å². The molecule has 0 aromatic heterocycles. The monoisotopic (exact) mass is 360 g/mol. The predicted octanol–water partition coefficient (Wildman–Crippen LogP) is 0.930. The van der Waals surface area contributed by atoms with Gasteiger partial charge in [-0.2, -0.15) is 0 Å². The topological polar surface area (TPSA) is 119 Å². The first kappa shape index (κ1) is 27.4. The molecule has 25 heavy (non-hydrogen) atoms. The van der Waals surface area contributed by atoms with E-state index in [1.54, 1.807) is 0 Å². The van der Waals surface area contributed by atoms with Crippen molar-refractivity contribution in [1.82, 2.24) is 0 Å². The molecule has 0 fully saturated rings. The normalized spacial score (nSPS) is 8.84. The minimum Gasteiger partial charge on any atom is -0.460 e. The molecule has 0 aliphatic carbocycles. The third kappa shape index (κ3) is 17.7. The molecule has 0 saturated heterocycles. The van der Waals surface area contributed by atoms with E-state index < -0.39 is 24.0 Å². The number of hydrogen-bond donors (Lipinski definition) is 2. The molecule has 0 aliphatic rings. The van der Waals surface area contributed by atoms with Crippen molar-refractivity contribution in [1.29, 1.82) is 0 Å². The second-order valence-corrected chi connectivity index (χ2v) is 4.51. The lowest BCUT2D eigenvalue weighted by atomic mass is 10.3. The van der Waals surface area contributed by atoms with E-state index in [1.807, 2.05) is 0 Å². The molecule has 0 radical (unpaired) electrons. The van der Waals surface area contributed by atoms with Crippen molar-refractivity contribution in [2.24, 2.45) is 0 Å². The molecule has 0 bridgehead atoms. The molecule has 0 saturated carbocycles. The quantitative estimate of drug-likeness (QED) is 0.354. The molecule has 0 unspecified atom stereocenters. The van der Waals surface area contributed by atoms with Gasteiger partial charge in [-0.05, 0) is 13.8 Å². The minimum absolute atomic E-state index is 0. The summed E-state index contributed by atoms with van der Waals surface area (Å²) >= 11 is 0. The highest BCUT2D eigenvalue weighted by Crippen LogP contribution is 1.97. The zero-order chi connectivity index (χ0) is 19.1. The molecule has 144 valence electrons. The number of aliphatic hydroxyl groups is 2. The first-order valence-electron chi connectivity index (χ1n) is 6.89. The van der Waals surface area contributed by atoms with Gasteiger partial charge in [-0.25, -0.2) is 14.4 Å². The highest BCUT2D eigenvalue weighted by molar-refractivity contribution is 5.87. The van der Waals surface area contributed by atoms with E-state index in [4.69, 9.17) is 5.11 Å². The minimum atomic E-state index is -1.05. The Morgan fingerprint density at radius 3 is 1.68 bits per heavy atom. The van der Waals surface area contributed by atoms with Gasteiger partial charge in [0.1, 0.15) is 25.9 Å². The van der Waals surface area contributed by atoms with Crippen LogP contribution in [0.2, 0.25) is 0 Å². The molecule has 0 aliphatic heterocycles.